The van der Waals surface area contributed by atoms with Gasteiger partial charge in [-0.1, -0.05) is 35.9 Å². The molecule has 3 rings (SSSR count). The number of hydrogen-bond acceptors (Lipinski definition) is 3. The first-order valence-electron chi connectivity index (χ1n) is 7.48. The van der Waals surface area contributed by atoms with Crippen molar-refractivity contribution in [3.8, 4) is 0 Å². The minimum absolute atomic E-state index is 0.0723. The third kappa shape index (κ3) is 4.26. The van der Waals surface area contributed by atoms with Gasteiger partial charge >= 0.3 is 0 Å². The van der Waals surface area contributed by atoms with Gasteiger partial charge < -0.3 is 5.32 Å². The van der Waals surface area contributed by atoms with E-state index in [1.54, 1.807) is 16.9 Å². The van der Waals surface area contributed by atoms with Crippen LogP contribution in [-0.2, 0) is 17.8 Å². The summed E-state index contributed by atoms with van der Waals surface area (Å²) >= 11 is 0. The number of nitrogens with zero attached hydrogens (tertiary/aromatic N) is 3. The van der Waals surface area contributed by atoms with Crippen molar-refractivity contribution in [1.29, 1.82) is 0 Å². The molecule has 0 fully saturated rings. The number of amides is 1. The highest BCUT2D eigenvalue weighted by Crippen LogP contribution is 2.08. The zero-order valence-corrected chi connectivity index (χ0v) is 12.9. The lowest BCUT2D eigenvalue weighted by molar-refractivity contribution is -0.115. The minimum Gasteiger partial charge on any atom is -0.309 e. The van der Waals surface area contributed by atoms with Gasteiger partial charge in [-0.2, -0.15) is 5.10 Å². The van der Waals surface area contributed by atoms with Crippen LogP contribution in [-0.4, -0.2) is 20.7 Å². The monoisotopic (exact) mass is 306 g/mol. The van der Waals surface area contributed by atoms with Crippen LogP contribution in [0, 0.1) is 6.92 Å². The van der Waals surface area contributed by atoms with E-state index in [9.17, 15) is 4.79 Å². The molecule has 23 heavy (non-hydrogen) atoms. The highest BCUT2D eigenvalue weighted by molar-refractivity contribution is 5.91. The lowest BCUT2D eigenvalue weighted by Gasteiger charge is -2.03. The van der Waals surface area contributed by atoms with Gasteiger partial charge in [-0.15, -0.1) is 0 Å². The van der Waals surface area contributed by atoms with Crippen LogP contribution in [0.2, 0.25) is 0 Å². The van der Waals surface area contributed by atoms with E-state index in [-0.39, 0.29) is 5.91 Å². The van der Waals surface area contributed by atoms with Gasteiger partial charge in [0.25, 0.3) is 0 Å². The Morgan fingerprint density at radius 1 is 1.13 bits per heavy atom. The molecule has 1 N–H and O–H groups in total. The van der Waals surface area contributed by atoms with Crippen LogP contribution >= 0.6 is 0 Å². The van der Waals surface area contributed by atoms with Gasteiger partial charge in [0.1, 0.15) is 0 Å². The van der Waals surface area contributed by atoms with E-state index < -0.39 is 0 Å². The topological polar surface area (TPSA) is 59.8 Å². The van der Waals surface area contributed by atoms with Crippen molar-refractivity contribution in [3.63, 3.8) is 0 Å². The molecular formula is C18H18N4O. The number of pyridine rings is 1. The molecule has 5 heteroatoms. The molecule has 0 aliphatic carbocycles. The van der Waals surface area contributed by atoms with Gasteiger partial charge in [0.05, 0.1) is 18.7 Å². The van der Waals surface area contributed by atoms with Crippen molar-refractivity contribution in [1.82, 2.24) is 14.8 Å². The second-order valence-corrected chi connectivity index (χ2v) is 5.43. The molecule has 116 valence electrons. The molecule has 0 saturated carbocycles. The van der Waals surface area contributed by atoms with Gasteiger partial charge in [-0.3, -0.25) is 14.5 Å². The zero-order valence-electron chi connectivity index (χ0n) is 12.9. The number of benzene rings is 1. The summed E-state index contributed by atoms with van der Waals surface area (Å²) in [6, 6.07) is 15.5. The number of nitrogens with one attached hydrogen (secondary N) is 1. The fraction of sp³-hybridized carbons (Fsp3) is 0.167. The Morgan fingerprint density at radius 2 is 1.96 bits per heavy atom. The Labute approximate surface area is 135 Å². The number of carbonyl (C=O) groups is 1. The van der Waals surface area contributed by atoms with Crippen LogP contribution in [0.3, 0.4) is 0 Å². The second kappa shape index (κ2) is 6.87. The predicted molar refractivity (Wildman–Crippen MR) is 89.1 cm³/mol. The maximum atomic E-state index is 12.1. The Balaban J connectivity index is 1.58. The van der Waals surface area contributed by atoms with Gasteiger partial charge in [-0.05, 0) is 24.6 Å². The van der Waals surface area contributed by atoms with E-state index in [4.69, 9.17) is 0 Å². The standard InChI is InChI=1S/C18H18N4O/c1-14-5-7-15(8-6-14)12-18(23)20-17-9-11-22(21-17)13-16-4-2-3-10-19-16/h2-11H,12-13H2,1H3,(H,20,21,23). The summed E-state index contributed by atoms with van der Waals surface area (Å²) < 4.78 is 1.75. The van der Waals surface area contributed by atoms with Gasteiger partial charge in [0.2, 0.25) is 5.91 Å². The first-order chi connectivity index (χ1) is 11.2. The number of anilines is 1. The number of rotatable bonds is 5. The van der Waals surface area contributed by atoms with Crippen molar-refractivity contribution in [2.45, 2.75) is 19.9 Å². The third-order valence-electron chi connectivity index (χ3n) is 3.44. The van der Waals surface area contributed by atoms with E-state index in [0.29, 0.717) is 18.8 Å². The quantitative estimate of drug-likeness (QED) is 0.788. The molecule has 0 atom stereocenters. The number of aromatic nitrogens is 3. The highest BCUT2D eigenvalue weighted by atomic mass is 16.1. The SMILES string of the molecule is Cc1ccc(CC(=O)Nc2ccn(Cc3ccccn3)n2)cc1. The van der Waals surface area contributed by atoms with E-state index in [1.165, 1.54) is 5.56 Å². The molecule has 1 aromatic carbocycles. The smallest absolute Gasteiger partial charge is 0.229 e. The van der Waals surface area contributed by atoms with Crippen LogP contribution in [0.25, 0.3) is 0 Å². The molecule has 0 saturated heterocycles. The van der Waals surface area contributed by atoms with Crippen molar-refractivity contribution in [2.24, 2.45) is 0 Å². The maximum Gasteiger partial charge on any atom is 0.229 e. The van der Waals surface area contributed by atoms with Crippen LogP contribution in [0.5, 0.6) is 0 Å². The molecule has 1 amide bonds. The lowest BCUT2D eigenvalue weighted by atomic mass is 10.1. The molecule has 0 aliphatic heterocycles. The Morgan fingerprint density at radius 3 is 2.70 bits per heavy atom. The summed E-state index contributed by atoms with van der Waals surface area (Å²) in [5.41, 5.74) is 3.09. The van der Waals surface area contributed by atoms with Gasteiger partial charge in [-0.25, -0.2) is 0 Å². The van der Waals surface area contributed by atoms with Crippen molar-refractivity contribution >= 4 is 11.7 Å². The van der Waals surface area contributed by atoms with Crippen LogP contribution in [0.15, 0.2) is 60.9 Å². The first-order valence-corrected chi connectivity index (χ1v) is 7.48. The summed E-state index contributed by atoms with van der Waals surface area (Å²) in [5, 5.41) is 7.17. The maximum absolute atomic E-state index is 12.1. The Hall–Kier alpha value is -2.95. The van der Waals surface area contributed by atoms with E-state index >= 15 is 0 Å². The third-order valence-corrected chi connectivity index (χ3v) is 3.44. The van der Waals surface area contributed by atoms with Crippen molar-refractivity contribution in [3.05, 3.63) is 77.7 Å². The molecule has 0 bridgehead atoms. The number of carbonyl (C=O) groups excluding carboxylic acids is 1. The molecule has 0 unspecified atom stereocenters. The van der Waals surface area contributed by atoms with E-state index in [2.05, 4.69) is 15.4 Å². The Kier molecular flexibility index (Phi) is 4.47. The van der Waals surface area contributed by atoms with Gasteiger partial charge in [0, 0.05) is 18.5 Å². The largest absolute Gasteiger partial charge is 0.309 e. The highest BCUT2D eigenvalue weighted by Gasteiger charge is 2.07. The average Bonchev–Trinajstić information content (AvgIpc) is 2.97. The molecular weight excluding hydrogens is 288 g/mol. The lowest BCUT2D eigenvalue weighted by Crippen LogP contribution is -2.15. The Bertz CT molecular complexity index is 778. The molecule has 3 aromatic rings. The average molecular weight is 306 g/mol. The molecule has 5 nitrogen and oxygen atoms in total. The first kappa shape index (κ1) is 15.0. The molecule has 0 aliphatic rings. The van der Waals surface area contributed by atoms with Crippen molar-refractivity contribution < 1.29 is 4.79 Å². The van der Waals surface area contributed by atoms with Crippen LogP contribution in [0.4, 0.5) is 5.82 Å². The van der Waals surface area contributed by atoms with Crippen LogP contribution < -0.4 is 5.32 Å². The summed E-state index contributed by atoms with van der Waals surface area (Å²) in [4.78, 5) is 16.3. The number of hydrogen-bond donors (Lipinski definition) is 1. The molecule has 2 heterocycles. The zero-order chi connectivity index (χ0) is 16.1. The molecule has 0 spiro atoms. The molecule has 0 radical (unpaired) electrons. The fourth-order valence-corrected chi connectivity index (χ4v) is 2.25. The summed E-state index contributed by atoms with van der Waals surface area (Å²) in [5.74, 6) is 0.481. The summed E-state index contributed by atoms with van der Waals surface area (Å²) in [6.07, 6.45) is 3.92. The van der Waals surface area contributed by atoms with Gasteiger partial charge in [0.15, 0.2) is 5.82 Å². The van der Waals surface area contributed by atoms with Crippen molar-refractivity contribution in [2.75, 3.05) is 5.32 Å². The fourth-order valence-electron chi connectivity index (χ4n) is 2.25. The summed E-state index contributed by atoms with van der Waals surface area (Å²) in [6.45, 7) is 2.60. The number of aryl methyl sites for hydroxylation is 1. The second-order valence-electron chi connectivity index (χ2n) is 5.43. The van der Waals surface area contributed by atoms with Crippen LogP contribution in [0.1, 0.15) is 16.8 Å². The minimum atomic E-state index is -0.0723. The van der Waals surface area contributed by atoms with E-state index in [1.807, 2.05) is 55.6 Å². The summed E-state index contributed by atoms with van der Waals surface area (Å²) in [7, 11) is 0. The normalized spacial score (nSPS) is 10.5. The van der Waals surface area contributed by atoms with E-state index in [0.717, 1.165) is 11.3 Å². The molecule has 2 aromatic heterocycles. The predicted octanol–water partition coefficient (Wildman–Crippen LogP) is 2.82.